The standard InChI is InChI=1S/C20H22N4O3S/c1-14-7-4-10-17-18(14)21-20(28-17)23(12-6-11-22(2)3)19(25)15-8-5-9-16(13-15)24(26)27/h4-5,7-10,13H,6,11-12H2,1-3H3. The summed E-state index contributed by atoms with van der Waals surface area (Å²) in [6, 6.07) is 11.8. The molecule has 28 heavy (non-hydrogen) atoms. The Kier molecular flexibility index (Phi) is 6.01. The van der Waals surface area contributed by atoms with E-state index >= 15 is 0 Å². The number of fused-ring (bicyclic) bond motifs is 1. The Morgan fingerprint density at radius 2 is 1.93 bits per heavy atom. The number of rotatable bonds is 7. The molecule has 0 saturated heterocycles. The van der Waals surface area contributed by atoms with Gasteiger partial charge in [-0.3, -0.25) is 19.8 Å². The highest BCUT2D eigenvalue weighted by Crippen LogP contribution is 2.31. The first-order valence-electron chi connectivity index (χ1n) is 8.94. The molecule has 0 fully saturated rings. The molecular weight excluding hydrogens is 376 g/mol. The van der Waals surface area contributed by atoms with Crippen molar-refractivity contribution in [1.29, 1.82) is 0 Å². The van der Waals surface area contributed by atoms with Crippen molar-refractivity contribution < 1.29 is 9.72 Å². The van der Waals surface area contributed by atoms with E-state index in [-0.39, 0.29) is 17.2 Å². The van der Waals surface area contributed by atoms with Gasteiger partial charge < -0.3 is 4.90 Å². The number of amides is 1. The molecule has 8 heteroatoms. The smallest absolute Gasteiger partial charge is 0.270 e. The predicted octanol–water partition coefficient (Wildman–Crippen LogP) is 4.11. The number of hydrogen-bond acceptors (Lipinski definition) is 6. The van der Waals surface area contributed by atoms with Crippen molar-refractivity contribution in [3.8, 4) is 0 Å². The van der Waals surface area contributed by atoms with Gasteiger partial charge in [0.2, 0.25) is 0 Å². The van der Waals surface area contributed by atoms with Crippen molar-refractivity contribution >= 4 is 38.3 Å². The second kappa shape index (κ2) is 8.45. The van der Waals surface area contributed by atoms with Crippen LogP contribution < -0.4 is 4.90 Å². The highest BCUT2D eigenvalue weighted by Gasteiger charge is 2.23. The maximum atomic E-state index is 13.2. The summed E-state index contributed by atoms with van der Waals surface area (Å²) < 4.78 is 1.01. The highest BCUT2D eigenvalue weighted by molar-refractivity contribution is 7.22. The summed E-state index contributed by atoms with van der Waals surface area (Å²) in [5, 5.41) is 11.7. The van der Waals surface area contributed by atoms with E-state index in [4.69, 9.17) is 4.98 Å². The number of anilines is 1. The lowest BCUT2D eigenvalue weighted by molar-refractivity contribution is -0.384. The topological polar surface area (TPSA) is 79.6 Å². The van der Waals surface area contributed by atoms with Gasteiger partial charge in [0.15, 0.2) is 5.13 Å². The lowest BCUT2D eigenvalue weighted by Crippen LogP contribution is -2.33. The predicted molar refractivity (Wildman–Crippen MR) is 112 cm³/mol. The van der Waals surface area contributed by atoms with Gasteiger partial charge in [-0.2, -0.15) is 0 Å². The van der Waals surface area contributed by atoms with Crippen LogP contribution in [0.4, 0.5) is 10.8 Å². The summed E-state index contributed by atoms with van der Waals surface area (Å²) in [5.74, 6) is -0.279. The third-order valence-corrected chi connectivity index (χ3v) is 5.42. The number of carbonyl (C=O) groups excluding carboxylic acids is 1. The Morgan fingerprint density at radius 3 is 2.61 bits per heavy atom. The van der Waals surface area contributed by atoms with Gasteiger partial charge in [-0.05, 0) is 51.7 Å². The maximum Gasteiger partial charge on any atom is 0.270 e. The van der Waals surface area contributed by atoms with E-state index in [0.717, 1.165) is 28.7 Å². The average molecular weight is 398 g/mol. The van der Waals surface area contributed by atoms with Crippen LogP contribution in [0, 0.1) is 17.0 Å². The van der Waals surface area contributed by atoms with Gasteiger partial charge in [-0.15, -0.1) is 0 Å². The number of benzene rings is 2. The number of nitro benzene ring substituents is 1. The van der Waals surface area contributed by atoms with Crippen molar-refractivity contribution in [3.05, 3.63) is 63.7 Å². The molecule has 0 radical (unpaired) electrons. The molecule has 7 nitrogen and oxygen atoms in total. The summed E-state index contributed by atoms with van der Waals surface area (Å²) in [4.78, 5) is 32.2. The first kappa shape index (κ1) is 19.9. The SMILES string of the molecule is Cc1cccc2sc(N(CCCN(C)C)C(=O)c3cccc([N+](=O)[O-])c3)nc12. The molecule has 1 amide bonds. The van der Waals surface area contributed by atoms with Crippen LogP contribution >= 0.6 is 11.3 Å². The van der Waals surface area contributed by atoms with Crippen molar-refractivity contribution in [2.75, 3.05) is 32.1 Å². The number of para-hydroxylation sites is 1. The van der Waals surface area contributed by atoms with Crippen molar-refractivity contribution in [3.63, 3.8) is 0 Å². The Hall–Kier alpha value is -2.84. The fourth-order valence-corrected chi connectivity index (χ4v) is 4.00. The number of carbonyl (C=O) groups is 1. The number of nitro groups is 1. The highest BCUT2D eigenvalue weighted by atomic mass is 32.1. The van der Waals surface area contributed by atoms with Gasteiger partial charge in [-0.1, -0.05) is 29.5 Å². The number of non-ortho nitro benzene ring substituents is 1. The molecule has 3 rings (SSSR count). The summed E-state index contributed by atoms with van der Waals surface area (Å²) in [6.07, 6.45) is 0.766. The van der Waals surface area contributed by atoms with Gasteiger partial charge in [-0.25, -0.2) is 4.98 Å². The van der Waals surface area contributed by atoms with Gasteiger partial charge >= 0.3 is 0 Å². The molecule has 0 saturated carbocycles. The van der Waals surface area contributed by atoms with Crippen molar-refractivity contribution in [2.45, 2.75) is 13.3 Å². The van der Waals surface area contributed by atoms with Crippen LogP contribution in [0.15, 0.2) is 42.5 Å². The Bertz CT molecular complexity index is 1020. The van der Waals surface area contributed by atoms with Crippen LogP contribution in [0.3, 0.4) is 0 Å². The molecule has 0 spiro atoms. The van der Waals surface area contributed by atoms with Gasteiger partial charge in [0.25, 0.3) is 11.6 Å². The number of thiazole rings is 1. The largest absolute Gasteiger partial charge is 0.309 e. The lowest BCUT2D eigenvalue weighted by atomic mass is 10.1. The molecule has 1 heterocycles. The first-order chi connectivity index (χ1) is 13.4. The normalized spacial score (nSPS) is 11.1. The van der Waals surface area contributed by atoms with E-state index < -0.39 is 4.92 Å². The molecule has 2 aromatic carbocycles. The van der Waals surface area contributed by atoms with E-state index in [2.05, 4.69) is 4.90 Å². The minimum absolute atomic E-state index is 0.0979. The van der Waals surface area contributed by atoms with Crippen LogP contribution in [-0.2, 0) is 0 Å². The third-order valence-electron chi connectivity index (χ3n) is 4.38. The number of hydrogen-bond donors (Lipinski definition) is 0. The second-order valence-corrected chi connectivity index (χ2v) is 7.85. The van der Waals surface area contributed by atoms with E-state index in [9.17, 15) is 14.9 Å². The summed E-state index contributed by atoms with van der Waals surface area (Å²) in [5.41, 5.74) is 2.12. The van der Waals surface area contributed by atoms with Crippen LogP contribution in [0.25, 0.3) is 10.2 Å². The van der Waals surface area contributed by atoms with Crippen molar-refractivity contribution in [1.82, 2.24) is 9.88 Å². The zero-order valence-corrected chi connectivity index (χ0v) is 16.9. The van der Waals surface area contributed by atoms with Crippen LogP contribution in [0.1, 0.15) is 22.3 Å². The molecular formula is C20H22N4O3S. The number of nitrogens with zero attached hydrogens (tertiary/aromatic N) is 4. The van der Waals surface area contributed by atoms with Gasteiger partial charge in [0.1, 0.15) is 0 Å². The van der Waals surface area contributed by atoms with E-state index in [0.29, 0.717) is 11.7 Å². The monoisotopic (exact) mass is 398 g/mol. The fourth-order valence-electron chi connectivity index (χ4n) is 2.93. The minimum atomic E-state index is -0.492. The van der Waals surface area contributed by atoms with Gasteiger partial charge in [0, 0.05) is 24.2 Å². The van der Waals surface area contributed by atoms with Crippen LogP contribution in [0.2, 0.25) is 0 Å². The maximum absolute atomic E-state index is 13.2. The van der Waals surface area contributed by atoms with E-state index in [1.165, 1.54) is 29.5 Å². The molecule has 146 valence electrons. The molecule has 0 bridgehead atoms. The Morgan fingerprint density at radius 1 is 1.18 bits per heavy atom. The molecule has 0 atom stereocenters. The zero-order valence-electron chi connectivity index (χ0n) is 16.1. The average Bonchev–Trinajstić information content (AvgIpc) is 3.10. The molecule has 0 aliphatic carbocycles. The fraction of sp³-hybridized carbons (Fsp3) is 0.300. The van der Waals surface area contributed by atoms with Crippen LogP contribution in [-0.4, -0.2) is 47.9 Å². The summed E-state index contributed by atoms with van der Waals surface area (Å²) >= 11 is 1.46. The summed E-state index contributed by atoms with van der Waals surface area (Å²) in [7, 11) is 3.96. The third kappa shape index (κ3) is 4.35. The zero-order chi connectivity index (χ0) is 20.3. The van der Waals surface area contributed by atoms with E-state index in [1.807, 2.05) is 39.2 Å². The quantitative estimate of drug-likeness (QED) is 0.442. The number of aryl methyl sites for hydroxylation is 1. The lowest BCUT2D eigenvalue weighted by Gasteiger charge is -2.21. The Balaban J connectivity index is 1.97. The van der Waals surface area contributed by atoms with Gasteiger partial charge in [0.05, 0.1) is 15.1 Å². The molecule has 3 aromatic rings. The first-order valence-corrected chi connectivity index (χ1v) is 9.75. The van der Waals surface area contributed by atoms with Crippen molar-refractivity contribution in [2.24, 2.45) is 0 Å². The molecule has 0 aliphatic rings. The minimum Gasteiger partial charge on any atom is -0.309 e. The molecule has 0 unspecified atom stereocenters. The van der Waals surface area contributed by atoms with E-state index in [1.54, 1.807) is 11.0 Å². The number of aromatic nitrogens is 1. The second-order valence-electron chi connectivity index (χ2n) is 6.84. The summed E-state index contributed by atoms with van der Waals surface area (Å²) in [6.45, 7) is 3.30. The molecule has 0 N–H and O–H groups in total. The van der Waals surface area contributed by atoms with Crippen LogP contribution in [0.5, 0.6) is 0 Å². The molecule has 1 aromatic heterocycles. The molecule has 0 aliphatic heterocycles. The Labute approximate surface area is 167 Å².